The lowest BCUT2D eigenvalue weighted by Crippen LogP contribution is -2.40. The van der Waals surface area contributed by atoms with Crippen LogP contribution in [-0.2, 0) is 21.2 Å². The van der Waals surface area contributed by atoms with Gasteiger partial charge in [-0.2, -0.15) is 0 Å². The number of carbonyl (C=O) groups excluding carboxylic acids is 1. The number of rotatable bonds is 10. The number of nitrogens with one attached hydrogen (secondary N) is 1. The van der Waals surface area contributed by atoms with Gasteiger partial charge in [0.15, 0.2) is 0 Å². The first kappa shape index (κ1) is 22.0. The highest BCUT2D eigenvalue weighted by molar-refractivity contribution is 7.92. The molecule has 0 spiro atoms. The van der Waals surface area contributed by atoms with Gasteiger partial charge in [-0.05, 0) is 61.7 Å². The Hall–Kier alpha value is -2.25. The van der Waals surface area contributed by atoms with Crippen molar-refractivity contribution in [3.05, 3.63) is 59.1 Å². The molecule has 2 aromatic rings. The molecule has 0 aliphatic carbocycles. The fourth-order valence-electron chi connectivity index (χ4n) is 2.63. The standard InChI is InChI=1S/C20H25ClN2O4S/c1-3-27-19-12-10-18(11-13-19)23(28(2,25)26)15-20(24)22-14-4-5-16-6-8-17(21)9-7-16/h6-13H,3-5,14-15H2,1-2H3,(H,22,24). The zero-order valence-corrected chi connectivity index (χ0v) is 17.6. The molecule has 28 heavy (non-hydrogen) atoms. The molecule has 0 saturated carbocycles. The van der Waals surface area contributed by atoms with Crippen molar-refractivity contribution in [2.75, 3.05) is 30.3 Å². The molecule has 8 heteroatoms. The van der Waals surface area contributed by atoms with Gasteiger partial charge in [0.2, 0.25) is 15.9 Å². The van der Waals surface area contributed by atoms with E-state index in [-0.39, 0.29) is 12.5 Å². The molecule has 1 amide bonds. The van der Waals surface area contributed by atoms with E-state index in [0.29, 0.717) is 29.6 Å². The second-order valence-electron chi connectivity index (χ2n) is 6.28. The van der Waals surface area contributed by atoms with Crippen LogP contribution in [0.3, 0.4) is 0 Å². The van der Waals surface area contributed by atoms with E-state index in [1.165, 1.54) is 0 Å². The number of ether oxygens (including phenoxy) is 1. The van der Waals surface area contributed by atoms with Gasteiger partial charge < -0.3 is 10.1 Å². The summed E-state index contributed by atoms with van der Waals surface area (Å²) < 4.78 is 30.7. The van der Waals surface area contributed by atoms with Gasteiger partial charge in [0.05, 0.1) is 18.6 Å². The molecule has 1 N–H and O–H groups in total. The Balaban J connectivity index is 1.89. The number of nitrogens with zero attached hydrogens (tertiary/aromatic N) is 1. The number of carbonyl (C=O) groups is 1. The highest BCUT2D eigenvalue weighted by Crippen LogP contribution is 2.21. The van der Waals surface area contributed by atoms with Crippen LogP contribution in [-0.4, -0.2) is 40.3 Å². The van der Waals surface area contributed by atoms with Crippen LogP contribution in [0.15, 0.2) is 48.5 Å². The maximum absolute atomic E-state index is 12.2. The Kier molecular flexibility index (Phi) is 8.14. The summed E-state index contributed by atoms with van der Waals surface area (Å²) >= 11 is 5.86. The molecule has 0 radical (unpaired) electrons. The van der Waals surface area contributed by atoms with Crippen LogP contribution in [0.1, 0.15) is 18.9 Å². The van der Waals surface area contributed by atoms with Gasteiger partial charge in [-0.1, -0.05) is 23.7 Å². The fraction of sp³-hybridized carbons (Fsp3) is 0.350. The molecular formula is C20H25ClN2O4S. The second-order valence-corrected chi connectivity index (χ2v) is 8.62. The van der Waals surface area contributed by atoms with Crippen molar-refractivity contribution in [3.63, 3.8) is 0 Å². The Morgan fingerprint density at radius 1 is 1.11 bits per heavy atom. The van der Waals surface area contributed by atoms with Crippen LogP contribution in [0.2, 0.25) is 5.02 Å². The van der Waals surface area contributed by atoms with Crippen molar-refractivity contribution in [2.24, 2.45) is 0 Å². The van der Waals surface area contributed by atoms with Crippen LogP contribution in [0.25, 0.3) is 0 Å². The first-order chi connectivity index (χ1) is 13.3. The number of sulfonamides is 1. The molecule has 0 aliphatic rings. The summed E-state index contributed by atoms with van der Waals surface area (Å²) in [6.07, 6.45) is 2.62. The van der Waals surface area contributed by atoms with E-state index in [2.05, 4.69) is 5.32 Å². The summed E-state index contributed by atoms with van der Waals surface area (Å²) in [6, 6.07) is 14.2. The predicted octanol–water partition coefficient (Wildman–Crippen LogP) is 3.25. The summed E-state index contributed by atoms with van der Waals surface area (Å²) in [6.45, 7) is 2.58. The monoisotopic (exact) mass is 424 g/mol. The minimum absolute atomic E-state index is 0.270. The van der Waals surface area contributed by atoms with Crippen LogP contribution in [0.5, 0.6) is 5.75 Å². The normalized spacial score (nSPS) is 11.1. The molecule has 6 nitrogen and oxygen atoms in total. The van der Waals surface area contributed by atoms with E-state index < -0.39 is 10.0 Å². The van der Waals surface area contributed by atoms with E-state index in [1.54, 1.807) is 24.3 Å². The van der Waals surface area contributed by atoms with Crippen molar-refractivity contribution < 1.29 is 17.9 Å². The molecular weight excluding hydrogens is 400 g/mol. The largest absolute Gasteiger partial charge is 0.494 e. The average Bonchev–Trinajstić information content (AvgIpc) is 2.65. The predicted molar refractivity (Wildman–Crippen MR) is 113 cm³/mol. The van der Waals surface area contributed by atoms with Gasteiger partial charge in [-0.25, -0.2) is 8.42 Å². The third kappa shape index (κ3) is 7.05. The first-order valence-electron chi connectivity index (χ1n) is 9.01. The van der Waals surface area contributed by atoms with Crippen molar-refractivity contribution in [1.29, 1.82) is 0 Å². The molecule has 0 atom stereocenters. The number of hydrogen-bond donors (Lipinski definition) is 1. The zero-order chi connectivity index (χ0) is 20.6. The number of amides is 1. The fourth-order valence-corrected chi connectivity index (χ4v) is 3.62. The summed E-state index contributed by atoms with van der Waals surface area (Å²) in [5, 5.41) is 3.46. The lowest BCUT2D eigenvalue weighted by atomic mass is 10.1. The number of hydrogen-bond acceptors (Lipinski definition) is 4. The highest BCUT2D eigenvalue weighted by Gasteiger charge is 2.20. The Morgan fingerprint density at radius 2 is 1.75 bits per heavy atom. The van der Waals surface area contributed by atoms with Crippen molar-refractivity contribution in [2.45, 2.75) is 19.8 Å². The maximum Gasteiger partial charge on any atom is 0.240 e. The summed E-state index contributed by atoms with van der Waals surface area (Å²) in [4.78, 5) is 12.2. The van der Waals surface area contributed by atoms with E-state index in [4.69, 9.17) is 16.3 Å². The summed E-state index contributed by atoms with van der Waals surface area (Å²) in [5.41, 5.74) is 1.55. The second kappa shape index (κ2) is 10.3. The van der Waals surface area contributed by atoms with Gasteiger partial charge in [0.25, 0.3) is 0 Å². The molecule has 0 heterocycles. The lowest BCUT2D eigenvalue weighted by Gasteiger charge is -2.22. The average molecular weight is 425 g/mol. The number of benzene rings is 2. The SMILES string of the molecule is CCOc1ccc(N(CC(=O)NCCCc2ccc(Cl)cc2)S(C)(=O)=O)cc1. The lowest BCUT2D eigenvalue weighted by molar-refractivity contribution is -0.119. The smallest absolute Gasteiger partial charge is 0.240 e. The van der Waals surface area contributed by atoms with Gasteiger partial charge in [-0.15, -0.1) is 0 Å². The first-order valence-corrected chi connectivity index (χ1v) is 11.2. The minimum Gasteiger partial charge on any atom is -0.494 e. The highest BCUT2D eigenvalue weighted by atomic mass is 35.5. The number of halogens is 1. The number of aryl methyl sites for hydroxylation is 1. The molecule has 2 rings (SSSR count). The Labute approximate surface area is 171 Å². The molecule has 0 fully saturated rings. The molecule has 152 valence electrons. The van der Waals surface area contributed by atoms with Gasteiger partial charge in [-0.3, -0.25) is 9.10 Å². The maximum atomic E-state index is 12.2. The molecule has 2 aromatic carbocycles. The molecule has 0 aromatic heterocycles. The quantitative estimate of drug-likeness (QED) is 0.594. The van der Waals surface area contributed by atoms with Crippen LogP contribution >= 0.6 is 11.6 Å². The topological polar surface area (TPSA) is 75.7 Å². The van der Waals surface area contributed by atoms with Gasteiger partial charge in [0.1, 0.15) is 12.3 Å². The van der Waals surface area contributed by atoms with Crippen molar-refractivity contribution in [1.82, 2.24) is 5.32 Å². The Bertz CT molecular complexity index is 868. The van der Waals surface area contributed by atoms with Crippen molar-refractivity contribution in [3.8, 4) is 5.75 Å². The van der Waals surface area contributed by atoms with E-state index in [9.17, 15) is 13.2 Å². The molecule has 0 bridgehead atoms. The summed E-state index contributed by atoms with van der Waals surface area (Å²) in [5.74, 6) is 0.293. The zero-order valence-electron chi connectivity index (χ0n) is 16.0. The minimum atomic E-state index is -3.60. The molecule has 0 aliphatic heterocycles. The van der Waals surface area contributed by atoms with Gasteiger partial charge in [0, 0.05) is 11.6 Å². The van der Waals surface area contributed by atoms with E-state index >= 15 is 0 Å². The third-order valence-electron chi connectivity index (χ3n) is 4.00. The summed E-state index contributed by atoms with van der Waals surface area (Å²) in [7, 11) is -3.60. The number of anilines is 1. The van der Waals surface area contributed by atoms with Gasteiger partial charge >= 0.3 is 0 Å². The third-order valence-corrected chi connectivity index (χ3v) is 5.39. The van der Waals surface area contributed by atoms with E-state index in [1.807, 2.05) is 31.2 Å². The van der Waals surface area contributed by atoms with Crippen LogP contribution in [0, 0.1) is 0 Å². The van der Waals surface area contributed by atoms with Crippen LogP contribution in [0.4, 0.5) is 5.69 Å². The molecule has 0 saturated heterocycles. The Morgan fingerprint density at radius 3 is 2.32 bits per heavy atom. The van der Waals surface area contributed by atoms with E-state index in [0.717, 1.165) is 29.0 Å². The van der Waals surface area contributed by atoms with Crippen LogP contribution < -0.4 is 14.4 Å². The van der Waals surface area contributed by atoms with Crippen molar-refractivity contribution >= 4 is 33.2 Å². The molecule has 0 unspecified atom stereocenters.